The minimum atomic E-state index is -0.634. The molecule has 138 valence electrons. The van der Waals surface area contributed by atoms with Gasteiger partial charge in [-0.05, 0) is 57.9 Å². The highest BCUT2D eigenvalue weighted by atomic mass is 16.6. The van der Waals surface area contributed by atoms with Crippen molar-refractivity contribution >= 4 is 23.7 Å². The number of nitrogens with one attached hydrogen (secondary N) is 1. The number of ether oxygens (including phenoxy) is 2. The molecule has 0 saturated carbocycles. The fourth-order valence-electron chi connectivity index (χ4n) is 2.07. The van der Waals surface area contributed by atoms with E-state index in [4.69, 9.17) is 9.47 Å². The molecule has 0 atom stereocenters. The quantitative estimate of drug-likeness (QED) is 0.844. The van der Waals surface area contributed by atoms with Gasteiger partial charge in [-0.2, -0.15) is 0 Å². The van der Waals surface area contributed by atoms with E-state index in [1.807, 2.05) is 13.8 Å². The predicted molar refractivity (Wildman–Crippen MR) is 94.7 cm³/mol. The van der Waals surface area contributed by atoms with Crippen molar-refractivity contribution in [2.45, 2.75) is 40.2 Å². The van der Waals surface area contributed by atoms with E-state index in [0.29, 0.717) is 11.3 Å². The van der Waals surface area contributed by atoms with Gasteiger partial charge in [-0.3, -0.25) is 4.79 Å². The molecule has 1 rings (SSSR count). The summed E-state index contributed by atoms with van der Waals surface area (Å²) in [5.74, 6) is -0.866. The van der Waals surface area contributed by atoms with E-state index in [-0.39, 0.29) is 6.54 Å². The molecular formula is C18H26N2O5. The number of carbonyl (C=O) groups is 3. The predicted octanol–water partition coefficient (Wildman–Crippen LogP) is 2.90. The second kappa shape index (κ2) is 8.00. The first-order valence-corrected chi connectivity index (χ1v) is 7.88. The summed E-state index contributed by atoms with van der Waals surface area (Å²) in [6.07, 6.45) is -0.585. The van der Waals surface area contributed by atoms with Gasteiger partial charge in [-0.25, -0.2) is 9.59 Å². The molecule has 7 heteroatoms. The molecule has 0 aliphatic heterocycles. The molecule has 0 saturated heterocycles. The van der Waals surface area contributed by atoms with Crippen LogP contribution in [0.4, 0.5) is 10.5 Å². The SMILES string of the molecule is COC(=O)c1cc(NC(=O)CN(C)C(=O)OC(C)(C)C)cc(C)c1C. The van der Waals surface area contributed by atoms with Crippen LogP contribution < -0.4 is 5.32 Å². The Morgan fingerprint density at radius 3 is 2.28 bits per heavy atom. The van der Waals surface area contributed by atoms with Gasteiger partial charge in [0, 0.05) is 12.7 Å². The lowest BCUT2D eigenvalue weighted by atomic mass is 10.0. The lowest BCUT2D eigenvalue weighted by Gasteiger charge is -2.24. The average Bonchev–Trinajstić information content (AvgIpc) is 2.47. The summed E-state index contributed by atoms with van der Waals surface area (Å²) in [7, 11) is 2.78. The van der Waals surface area contributed by atoms with Crippen molar-refractivity contribution < 1.29 is 23.9 Å². The topological polar surface area (TPSA) is 84.9 Å². The molecule has 0 aliphatic rings. The van der Waals surface area contributed by atoms with Crippen LogP contribution in [-0.4, -0.2) is 49.2 Å². The second-order valence-electron chi connectivity index (χ2n) is 6.84. The van der Waals surface area contributed by atoms with Crippen molar-refractivity contribution in [1.82, 2.24) is 4.90 Å². The van der Waals surface area contributed by atoms with Gasteiger partial charge in [-0.15, -0.1) is 0 Å². The summed E-state index contributed by atoms with van der Waals surface area (Å²) in [5.41, 5.74) is 1.85. The monoisotopic (exact) mass is 350 g/mol. The molecule has 2 amide bonds. The van der Waals surface area contributed by atoms with Gasteiger partial charge in [-0.1, -0.05) is 0 Å². The molecule has 0 spiro atoms. The summed E-state index contributed by atoms with van der Waals surface area (Å²) in [4.78, 5) is 37.1. The molecule has 25 heavy (non-hydrogen) atoms. The van der Waals surface area contributed by atoms with E-state index in [0.717, 1.165) is 11.1 Å². The van der Waals surface area contributed by atoms with Gasteiger partial charge in [0.15, 0.2) is 0 Å². The maximum atomic E-state index is 12.2. The number of methoxy groups -OCH3 is 1. The third kappa shape index (κ3) is 6.10. The van der Waals surface area contributed by atoms with Gasteiger partial charge in [0.2, 0.25) is 5.91 Å². The lowest BCUT2D eigenvalue weighted by Crippen LogP contribution is -2.38. The van der Waals surface area contributed by atoms with Crippen molar-refractivity contribution in [3.63, 3.8) is 0 Å². The van der Waals surface area contributed by atoms with Crippen LogP contribution >= 0.6 is 0 Å². The number of hydrogen-bond acceptors (Lipinski definition) is 5. The summed E-state index contributed by atoms with van der Waals surface area (Å²) in [6, 6.07) is 3.31. The normalized spacial score (nSPS) is 10.8. The Kier molecular flexibility index (Phi) is 6.55. The molecule has 0 radical (unpaired) electrons. The van der Waals surface area contributed by atoms with Crippen LogP contribution in [0.25, 0.3) is 0 Å². The van der Waals surface area contributed by atoms with Crippen molar-refractivity contribution in [2.75, 3.05) is 26.0 Å². The van der Waals surface area contributed by atoms with Gasteiger partial charge in [0.1, 0.15) is 12.1 Å². The number of aryl methyl sites for hydroxylation is 1. The van der Waals surface area contributed by atoms with Crippen molar-refractivity contribution in [3.8, 4) is 0 Å². The Morgan fingerprint density at radius 2 is 1.76 bits per heavy atom. The zero-order valence-corrected chi connectivity index (χ0v) is 15.9. The minimum Gasteiger partial charge on any atom is -0.465 e. The Balaban J connectivity index is 2.82. The Morgan fingerprint density at radius 1 is 1.16 bits per heavy atom. The Hall–Kier alpha value is -2.57. The highest BCUT2D eigenvalue weighted by molar-refractivity contribution is 5.97. The lowest BCUT2D eigenvalue weighted by molar-refractivity contribution is -0.117. The number of hydrogen-bond donors (Lipinski definition) is 1. The van der Waals surface area contributed by atoms with E-state index >= 15 is 0 Å². The third-order valence-corrected chi connectivity index (χ3v) is 3.44. The molecule has 0 bridgehead atoms. The highest BCUT2D eigenvalue weighted by Gasteiger charge is 2.21. The molecular weight excluding hydrogens is 324 g/mol. The maximum Gasteiger partial charge on any atom is 0.410 e. The van der Waals surface area contributed by atoms with Crippen LogP contribution in [-0.2, 0) is 14.3 Å². The van der Waals surface area contributed by atoms with Gasteiger partial charge in [0.05, 0.1) is 12.7 Å². The van der Waals surface area contributed by atoms with Crippen LogP contribution in [0.5, 0.6) is 0 Å². The van der Waals surface area contributed by atoms with E-state index in [1.165, 1.54) is 19.1 Å². The van der Waals surface area contributed by atoms with Crippen LogP contribution in [0, 0.1) is 13.8 Å². The fraction of sp³-hybridized carbons (Fsp3) is 0.500. The molecule has 0 unspecified atom stereocenters. The molecule has 1 aromatic rings. The number of nitrogens with zero attached hydrogens (tertiary/aromatic N) is 1. The number of likely N-dealkylation sites (N-methyl/N-ethyl adjacent to an activating group) is 1. The van der Waals surface area contributed by atoms with E-state index in [1.54, 1.807) is 32.9 Å². The summed E-state index contributed by atoms with van der Waals surface area (Å²) < 4.78 is 9.95. The van der Waals surface area contributed by atoms with E-state index in [9.17, 15) is 14.4 Å². The smallest absolute Gasteiger partial charge is 0.410 e. The van der Waals surface area contributed by atoms with Crippen LogP contribution in [0.3, 0.4) is 0 Å². The van der Waals surface area contributed by atoms with Crippen LogP contribution in [0.15, 0.2) is 12.1 Å². The third-order valence-electron chi connectivity index (χ3n) is 3.44. The molecule has 1 aromatic carbocycles. The first-order chi connectivity index (χ1) is 11.4. The summed E-state index contributed by atoms with van der Waals surface area (Å²) in [6.45, 7) is 8.73. The van der Waals surface area contributed by atoms with Gasteiger partial charge in [0.25, 0.3) is 0 Å². The standard InChI is InChI=1S/C18H26N2O5/c1-11-8-13(9-14(12(11)2)16(22)24-7)19-15(21)10-20(6)17(23)25-18(3,4)5/h8-9H,10H2,1-7H3,(H,19,21). The molecule has 1 N–H and O–H groups in total. The molecule has 7 nitrogen and oxygen atoms in total. The Labute approximate surface area is 148 Å². The number of esters is 1. The molecule has 0 aliphatic carbocycles. The Bertz CT molecular complexity index is 677. The first-order valence-electron chi connectivity index (χ1n) is 7.88. The molecule has 0 aromatic heterocycles. The minimum absolute atomic E-state index is 0.171. The fourth-order valence-corrected chi connectivity index (χ4v) is 2.07. The van der Waals surface area contributed by atoms with E-state index in [2.05, 4.69) is 5.32 Å². The zero-order valence-electron chi connectivity index (χ0n) is 15.9. The number of anilines is 1. The maximum absolute atomic E-state index is 12.2. The van der Waals surface area contributed by atoms with E-state index < -0.39 is 23.6 Å². The number of amides is 2. The largest absolute Gasteiger partial charge is 0.465 e. The zero-order chi connectivity index (χ0) is 19.4. The van der Waals surface area contributed by atoms with Crippen molar-refractivity contribution in [1.29, 1.82) is 0 Å². The number of carbonyl (C=O) groups excluding carboxylic acids is 3. The molecule has 0 heterocycles. The second-order valence-corrected chi connectivity index (χ2v) is 6.84. The van der Waals surface area contributed by atoms with Gasteiger partial charge < -0.3 is 19.7 Å². The van der Waals surface area contributed by atoms with Crippen LogP contribution in [0.1, 0.15) is 42.3 Å². The molecule has 0 fully saturated rings. The summed E-state index contributed by atoms with van der Waals surface area (Å²) in [5, 5.41) is 2.68. The summed E-state index contributed by atoms with van der Waals surface area (Å²) >= 11 is 0. The van der Waals surface area contributed by atoms with Crippen molar-refractivity contribution in [3.05, 3.63) is 28.8 Å². The highest BCUT2D eigenvalue weighted by Crippen LogP contribution is 2.21. The first kappa shape index (κ1) is 20.5. The average molecular weight is 350 g/mol. The van der Waals surface area contributed by atoms with Crippen molar-refractivity contribution in [2.24, 2.45) is 0 Å². The number of rotatable bonds is 4. The van der Waals surface area contributed by atoms with Crippen LogP contribution in [0.2, 0.25) is 0 Å². The van der Waals surface area contributed by atoms with Gasteiger partial charge >= 0.3 is 12.1 Å². The number of benzene rings is 1.